The van der Waals surface area contributed by atoms with Crippen molar-refractivity contribution in [2.24, 2.45) is 0 Å². The molecule has 2 aromatic rings. The molecule has 1 aromatic heterocycles. The minimum absolute atomic E-state index is 0.154. The lowest BCUT2D eigenvalue weighted by atomic mass is 10.1. The number of aromatic nitrogens is 2. The number of benzene rings is 1. The molecule has 0 saturated carbocycles. The summed E-state index contributed by atoms with van der Waals surface area (Å²) in [5, 5.41) is 3.27. The SMILES string of the molecule is O=C([C@@H]1C[C@H](N2CCN(c3nccn3-c3ccccc3)CC2)CN1)N1CCC(F)(F)C1. The summed E-state index contributed by atoms with van der Waals surface area (Å²) >= 11 is 0. The zero-order valence-electron chi connectivity index (χ0n) is 17.5. The van der Waals surface area contributed by atoms with E-state index in [-0.39, 0.29) is 31.0 Å². The number of hydrogen-bond acceptors (Lipinski definition) is 5. The number of nitrogens with one attached hydrogen (secondary N) is 1. The van der Waals surface area contributed by atoms with Gasteiger partial charge in [-0.05, 0) is 18.6 Å². The summed E-state index contributed by atoms with van der Waals surface area (Å²) < 4.78 is 29.0. The maximum Gasteiger partial charge on any atom is 0.267 e. The van der Waals surface area contributed by atoms with Crippen molar-refractivity contribution in [1.82, 2.24) is 24.7 Å². The van der Waals surface area contributed by atoms with Crippen molar-refractivity contribution >= 4 is 11.9 Å². The average molecular weight is 431 g/mol. The Morgan fingerprint density at radius 2 is 1.87 bits per heavy atom. The van der Waals surface area contributed by atoms with Crippen LogP contribution >= 0.6 is 0 Å². The first-order valence-electron chi connectivity index (χ1n) is 11.0. The molecule has 3 aliphatic heterocycles. The van der Waals surface area contributed by atoms with Crippen LogP contribution in [0.3, 0.4) is 0 Å². The number of imidazole rings is 1. The summed E-state index contributed by atoms with van der Waals surface area (Å²) in [6.07, 6.45) is 4.26. The van der Waals surface area contributed by atoms with Gasteiger partial charge in [0.1, 0.15) is 0 Å². The molecule has 1 amide bonds. The lowest BCUT2D eigenvalue weighted by molar-refractivity contribution is -0.133. The van der Waals surface area contributed by atoms with E-state index in [0.717, 1.165) is 44.4 Å². The van der Waals surface area contributed by atoms with Crippen LogP contribution in [0.1, 0.15) is 12.8 Å². The van der Waals surface area contributed by atoms with E-state index in [1.807, 2.05) is 30.6 Å². The molecular weight excluding hydrogens is 402 g/mol. The van der Waals surface area contributed by atoms with Gasteiger partial charge >= 0.3 is 0 Å². The topological polar surface area (TPSA) is 56.6 Å². The molecule has 3 fully saturated rings. The van der Waals surface area contributed by atoms with Gasteiger partial charge in [-0.3, -0.25) is 14.3 Å². The van der Waals surface area contributed by atoms with E-state index < -0.39 is 12.5 Å². The molecule has 0 spiro atoms. The van der Waals surface area contributed by atoms with Crippen LogP contribution < -0.4 is 10.2 Å². The first-order valence-corrected chi connectivity index (χ1v) is 11.0. The Morgan fingerprint density at radius 3 is 2.58 bits per heavy atom. The summed E-state index contributed by atoms with van der Waals surface area (Å²) in [5.74, 6) is -1.98. The van der Waals surface area contributed by atoms with Gasteiger partial charge in [-0.25, -0.2) is 13.8 Å². The second-order valence-corrected chi connectivity index (χ2v) is 8.67. The third-order valence-corrected chi connectivity index (χ3v) is 6.66. The Labute approximate surface area is 180 Å². The Hall–Kier alpha value is -2.52. The Morgan fingerprint density at radius 1 is 1.10 bits per heavy atom. The number of piperazine rings is 1. The smallest absolute Gasteiger partial charge is 0.267 e. The third-order valence-electron chi connectivity index (χ3n) is 6.66. The van der Waals surface area contributed by atoms with Crippen LogP contribution in [0.5, 0.6) is 0 Å². The molecule has 3 aliphatic rings. The fourth-order valence-corrected chi connectivity index (χ4v) is 4.93. The summed E-state index contributed by atoms with van der Waals surface area (Å²) in [7, 11) is 0. The number of alkyl halides is 2. The first-order chi connectivity index (χ1) is 15.0. The fraction of sp³-hybridized carbons (Fsp3) is 0.545. The van der Waals surface area contributed by atoms with Crippen LogP contribution in [0.15, 0.2) is 42.7 Å². The predicted octanol–water partition coefficient (Wildman–Crippen LogP) is 1.59. The molecule has 3 saturated heterocycles. The fourth-order valence-electron chi connectivity index (χ4n) is 4.93. The molecule has 2 atom stereocenters. The quantitative estimate of drug-likeness (QED) is 0.799. The van der Waals surface area contributed by atoms with E-state index in [4.69, 9.17) is 0 Å². The van der Waals surface area contributed by atoms with E-state index in [2.05, 4.69) is 36.8 Å². The van der Waals surface area contributed by atoms with Gasteiger partial charge in [0, 0.05) is 69.8 Å². The van der Waals surface area contributed by atoms with E-state index in [1.54, 1.807) is 0 Å². The van der Waals surface area contributed by atoms with Crippen molar-refractivity contribution in [3.05, 3.63) is 42.7 Å². The third kappa shape index (κ3) is 4.16. The normalized spacial score (nSPS) is 26.5. The minimum Gasteiger partial charge on any atom is -0.339 e. The highest BCUT2D eigenvalue weighted by Gasteiger charge is 2.43. The highest BCUT2D eigenvalue weighted by Crippen LogP contribution is 2.28. The van der Waals surface area contributed by atoms with Gasteiger partial charge in [0.2, 0.25) is 11.9 Å². The maximum absolute atomic E-state index is 13.5. The monoisotopic (exact) mass is 430 g/mol. The number of likely N-dealkylation sites (tertiary alicyclic amines) is 1. The molecule has 0 unspecified atom stereocenters. The van der Waals surface area contributed by atoms with E-state index >= 15 is 0 Å². The van der Waals surface area contributed by atoms with Gasteiger partial charge in [0.05, 0.1) is 12.6 Å². The van der Waals surface area contributed by atoms with Gasteiger partial charge in [0.15, 0.2) is 0 Å². The molecule has 7 nitrogen and oxygen atoms in total. The Kier molecular flexibility index (Phi) is 5.39. The number of para-hydroxylation sites is 1. The molecule has 31 heavy (non-hydrogen) atoms. The van der Waals surface area contributed by atoms with Gasteiger partial charge in [-0.2, -0.15) is 0 Å². The van der Waals surface area contributed by atoms with Crippen LogP contribution in [-0.4, -0.2) is 89.1 Å². The van der Waals surface area contributed by atoms with Gasteiger partial charge in [-0.15, -0.1) is 0 Å². The van der Waals surface area contributed by atoms with E-state index in [9.17, 15) is 13.6 Å². The van der Waals surface area contributed by atoms with Crippen LogP contribution in [0.25, 0.3) is 5.69 Å². The molecule has 166 valence electrons. The number of amides is 1. The van der Waals surface area contributed by atoms with Crippen LogP contribution in [0.2, 0.25) is 0 Å². The van der Waals surface area contributed by atoms with Gasteiger partial charge in [-0.1, -0.05) is 18.2 Å². The van der Waals surface area contributed by atoms with E-state index in [1.165, 1.54) is 4.90 Å². The highest BCUT2D eigenvalue weighted by molar-refractivity contribution is 5.82. The number of nitrogens with zero attached hydrogens (tertiary/aromatic N) is 5. The van der Waals surface area contributed by atoms with Gasteiger partial charge < -0.3 is 15.1 Å². The molecular formula is C22H28F2N6O. The highest BCUT2D eigenvalue weighted by atomic mass is 19.3. The summed E-state index contributed by atoms with van der Waals surface area (Å²) in [5.41, 5.74) is 1.09. The van der Waals surface area contributed by atoms with Crippen LogP contribution in [0, 0.1) is 0 Å². The summed E-state index contributed by atoms with van der Waals surface area (Å²) in [6.45, 7) is 3.92. The van der Waals surface area contributed by atoms with Crippen molar-refractivity contribution < 1.29 is 13.6 Å². The first kappa shape index (κ1) is 20.4. The summed E-state index contributed by atoms with van der Waals surface area (Å²) in [4.78, 5) is 23.2. The van der Waals surface area contributed by atoms with Crippen molar-refractivity contribution in [2.45, 2.75) is 30.8 Å². The Bertz CT molecular complexity index is 912. The largest absolute Gasteiger partial charge is 0.339 e. The van der Waals surface area contributed by atoms with Gasteiger partial charge in [0.25, 0.3) is 5.92 Å². The number of anilines is 1. The van der Waals surface area contributed by atoms with E-state index in [0.29, 0.717) is 6.42 Å². The number of hydrogen-bond donors (Lipinski definition) is 1. The van der Waals surface area contributed by atoms with Crippen molar-refractivity contribution in [3.63, 3.8) is 0 Å². The molecule has 5 rings (SSSR count). The molecule has 4 heterocycles. The second kappa shape index (κ2) is 8.20. The minimum atomic E-state index is -2.74. The molecule has 9 heteroatoms. The molecule has 1 N–H and O–H groups in total. The number of halogens is 2. The van der Waals surface area contributed by atoms with Crippen molar-refractivity contribution in [2.75, 3.05) is 50.7 Å². The van der Waals surface area contributed by atoms with Crippen LogP contribution in [-0.2, 0) is 4.79 Å². The lowest BCUT2D eigenvalue weighted by Crippen LogP contribution is -2.51. The average Bonchev–Trinajstić information content (AvgIpc) is 3.53. The maximum atomic E-state index is 13.5. The second-order valence-electron chi connectivity index (χ2n) is 8.67. The zero-order valence-corrected chi connectivity index (χ0v) is 17.5. The molecule has 0 bridgehead atoms. The predicted molar refractivity (Wildman–Crippen MR) is 114 cm³/mol. The van der Waals surface area contributed by atoms with Crippen molar-refractivity contribution in [1.29, 1.82) is 0 Å². The standard InChI is InChI=1S/C22H28F2N6O/c23-22(24)6-8-29(16-22)20(31)19-14-18(15-26-19)27-10-12-28(13-11-27)21-25-7-9-30(21)17-4-2-1-3-5-17/h1-5,7,9,18-19,26H,6,8,10-16H2/t18-,19-/m0/s1. The van der Waals surface area contributed by atoms with Crippen LogP contribution in [0.4, 0.5) is 14.7 Å². The molecule has 0 aliphatic carbocycles. The number of carbonyl (C=O) groups is 1. The molecule has 1 aromatic carbocycles. The summed E-state index contributed by atoms with van der Waals surface area (Å²) in [6, 6.07) is 10.1. The Balaban J connectivity index is 1.16. The number of carbonyl (C=O) groups excluding carboxylic acids is 1. The lowest BCUT2D eigenvalue weighted by Gasteiger charge is -2.38. The number of rotatable bonds is 4. The van der Waals surface area contributed by atoms with Crippen molar-refractivity contribution in [3.8, 4) is 5.69 Å². The zero-order chi connectivity index (χ0) is 21.4. The molecule has 0 radical (unpaired) electrons.